The molecule has 0 aromatic heterocycles. The number of carbonyl (C=O) groups excluding carboxylic acids is 4. The van der Waals surface area contributed by atoms with E-state index in [1.807, 2.05) is 0 Å². The summed E-state index contributed by atoms with van der Waals surface area (Å²) >= 11 is 0. The monoisotopic (exact) mass is 395 g/mol. The molecule has 0 saturated heterocycles. The summed E-state index contributed by atoms with van der Waals surface area (Å²) in [7, 11) is 0. The van der Waals surface area contributed by atoms with E-state index in [9.17, 15) is 23.6 Å². The van der Waals surface area contributed by atoms with Gasteiger partial charge in [0, 0.05) is 13.3 Å². The molecule has 0 aliphatic heterocycles. The van der Waals surface area contributed by atoms with Gasteiger partial charge in [0.05, 0.1) is 12.5 Å². The van der Waals surface area contributed by atoms with Crippen molar-refractivity contribution in [1.82, 2.24) is 10.6 Å². The van der Waals surface area contributed by atoms with Gasteiger partial charge in [-0.2, -0.15) is 0 Å². The Kier molecular flexibility index (Phi) is 9.07. The van der Waals surface area contributed by atoms with E-state index >= 15 is 0 Å². The van der Waals surface area contributed by atoms with Gasteiger partial charge in [-0.15, -0.1) is 0 Å². The molecule has 0 spiro atoms. The molecule has 0 aliphatic rings. The summed E-state index contributed by atoms with van der Waals surface area (Å²) in [6.07, 6.45) is -0.177. The van der Waals surface area contributed by atoms with Crippen molar-refractivity contribution in [1.29, 1.82) is 0 Å². The average molecular weight is 395 g/mol. The molecule has 1 aromatic rings. The number of esters is 1. The normalized spacial score (nSPS) is 13.7. The maximum Gasteiger partial charge on any atom is 0.308 e. The fourth-order valence-electron chi connectivity index (χ4n) is 2.59. The lowest BCUT2D eigenvalue weighted by Gasteiger charge is -2.23. The van der Waals surface area contributed by atoms with E-state index < -0.39 is 47.5 Å². The van der Waals surface area contributed by atoms with Gasteiger partial charge in [-0.25, -0.2) is 4.39 Å². The van der Waals surface area contributed by atoms with Crippen LogP contribution in [0.1, 0.15) is 32.8 Å². The predicted molar refractivity (Wildman–Crippen MR) is 99.2 cm³/mol. The van der Waals surface area contributed by atoms with Gasteiger partial charge < -0.3 is 21.1 Å². The maximum absolute atomic E-state index is 13.9. The van der Waals surface area contributed by atoms with Crippen molar-refractivity contribution < 1.29 is 28.3 Å². The summed E-state index contributed by atoms with van der Waals surface area (Å²) in [5.41, 5.74) is 5.56. The van der Waals surface area contributed by atoms with E-state index in [0.29, 0.717) is 0 Å². The third-order valence-corrected chi connectivity index (χ3v) is 4.01. The number of hydrogen-bond donors (Lipinski definition) is 3. The van der Waals surface area contributed by atoms with Crippen LogP contribution in [0.2, 0.25) is 0 Å². The number of halogens is 1. The lowest BCUT2D eigenvalue weighted by Crippen LogP contribution is -2.54. The zero-order chi connectivity index (χ0) is 21.3. The van der Waals surface area contributed by atoms with Crippen LogP contribution in [0.3, 0.4) is 0 Å². The highest BCUT2D eigenvalue weighted by atomic mass is 19.1. The number of nitrogens with one attached hydrogen (secondary N) is 2. The fraction of sp³-hybridized carbons (Fsp3) is 0.474. The first kappa shape index (κ1) is 23.1. The molecule has 28 heavy (non-hydrogen) atoms. The van der Waals surface area contributed by atoms with Crippen LogP contribution in [0.5, 0.6) is 0 Å². The molecule has 1 rings (SSSR count). The van der Waals surface area contributed by atoms with Gasteiger partial charge in [0.1, 0.15) is 17.9 Å². The molecule has 3 amide bonds. The SMILES string of the molecule is CCOC(=O)[C@H](C)C[C@H](NC(=O)[C@H](Cc1ccccc1F)NC(C)=O)C(N)=O. The second-order valence-electron chi connectivity index (χ2n) is 6.40. The molecule has 0 fully saturated rings. The van der Waals surface area contributed by atoms with Crippen molar-refractivity contribution in [3.05, 3.63) is 35.6 Å². The van der Waals surface area contributed by atoms with E-state index in [1.165, 1.54) is 25.1 Å². The van der Waals surface area contributed by atoms with E-state index in [1.54, 1.807) is 19.9 Å². The lowest BCUT2D eigenvalue weighted by molar-refractivity contribution is -0.148. The van der Waals surface area contributed by atoms with Gasteiger partial charge in [-0.1, -0.05) is 25.1 Å². The Hall–Kier alpha value is -2.97. The standard InChI is InChI=1S/C19H26FN3O5/c1-4-28-19(27)11(2)9-15(17(21)25)23-18(26)16(22-12(3)24)10-13-7-5-6-8-14(13)20/h5-8,11,15-16H,4,9-10H2,1-3H3,(H2,21,25)(H,22,24)(H,23,26)/t11-,15+,16+/m1/s1. The van der Waals surface area contributed by atoms with Crippen LogP contribution in [0.15, 0.2) is 24.3 Å². The zero-order valence-electron chi connectivity index (χ0n) is 16.2. The smallest absolute Gasteiger partial charge is 0.308 e. The van der Waals surface area contributed by atoms with Gasteiger partial charge in [-0.05, 0) is 25.0 Å². The van der Waals surface area contributed by atoms with Crippen molar-refractivity contribution in [3.8, 4) is 0 Å². The molecule has 8 nitrogen and oxygen atoms in total. The summed E-state index contributed by atoms with van der Waals surface area (Å²) in [6.45, 7) is 4.60. The van der Waals surface area contributed by atoms with Crippen LogP contribution < -0.4 is 16.4 Å². The van der Waals surface area contributed by atoms with Crippen LogP contribution in [-0.4, -0.2) is 42.4 Å². The number of primary amides is 1. The molecule has 9 heteroatoms. The van der Waals surface area contributed by atoms with Gasteiger partial charge >= 0.3 is 5.97 Å². The lowest BCUT2D eigenvalue weighted by atomic mass is 10.00. The summed E-state index contributed by atoms with van der Waals surface area (Å²) in [6, 6.07) is 3.58. The second-order valence-corrected chi connectivity index (χ2v) is 6.40. The van der Waals surface area contributed by atoms with Crippen molar-refractivity contribution in [2.45, 2.75) is 45.7 Å². The van der Waals surface area contributed by atoms with Gasteiger partial charge in [-0.3, -0.25) is 19.2 Å². The summed E-state index contributed by atoms with van der Waals surface area (Å²) < 4.78 is 18.8. The topological polar surface area (TPSA) is 128 Å². The second kappa shape index (κ2) is 11.0. The van der Waals surface area contributed by atoms with Crippen LogP contribution in [0.4, 0.5) is 4.39 Å². The Morgan fingerprint density at radius 1 is 1.14 bits per heavy atom. The molecule has 0 radical (unpaired) electrons. The molecule has 0 bridgehead atoms. The number of carbonyl (C=O) groups is 4. The Labute approximate surface area is 163 Å². The Bertz CT molecular complexity index is 725. The third kappa shape index (κ3) is 7.34. The Morgan fingerprint density at radius 3 is 2.32 bits per heavy atom. The molecule has 3 atom stereocenters. The first-order valence-corrected chi connectivity index (χ1v) is 8.92. The van der Waals surface area contributed by atoms with Crippen molar-refractivity contribution in [3.63, 3.8) is 0 Å². The number of rotatable bonds is 10. The highest BCUT2D eigenvalue weighted by molar-refractivity contribution is 5.91. The molecular weight excluding hydrogens is 369 g/mol. The zero-order valence-corrected chi connectivity index (χ0v) is 16.2. The first-order chi connectivity index (χ1) is 13.1. The van der Waals surface area contributed by atoms with Crippen molar-refractivity contribution >= 4 is 23.7 Å². The number of benzene rings is 1. The minimum Gasteiger partial charge on any atom is -0.466 e. The fourth-order valence-corrected chi connectivity index (χ4v) is 2.59. The molecule has 0 unspecified atom stereocenters. The minimum atomic E-state index is -1.15. The maximum atomic E-state index is 13.9. The van der Waals surface area contributed by atoms with Crippen molar-refractivity contribution in [2.24, 2.45) is 11.7 Å². The Balaban J connectivity index is 2.90. The van der Waals surface area contributed by atoms with Gasteiger partial charge in [0.2, 0.25) is 17.7 Å². The predicted octanol–water partition coefficient (Wildman–Crippen LogP) is 0.432. The number of amides is 3. The van der Waals surface area contributed by atoms with E-state index in [4.69, 9.17) is 10.5 Å². The Morgan fingerprint density at radius 2 is 1.79 bits per heavy atom. The van der Waals surface area contributed by atoms with E-state index in [2.05, 4.69) is 10.6 Å². The highest BCUT2D eigenvalue weighted by Gasteiger charge is 2.29. The molecule has 4 N–H and O–H groups in total. The number of nitrogens with two attached hydrogens (primary N) is 1. The molecule has 154 valence electrons. The van der Waals surface area contributed by atoms with Crippen LogP contribution in [0, 0.1) is 11.7 Å². The first-order valence-electron chi connectivity index (χ1n) is 8.92. The van der Waals surface area contributed by atoms with Gasteiger partial charge in [0.25, 0.3) is 0 Å². The quantitative estimate of drug-likeness (QED) is 0.495. The van der Waals surface area contributed by atoms with Crippen LogP contribution in [-0.2, 0) is 30.3 Å². The number of ether oxygens (including phenoxy) is 1. The molecular formula is C19H26FN3O5. The highest BCUT2D eigenvalue weighted by Crippen LogP contribution is 2.12. The largest absolute Gasteiger partial charge is 0.466 e. The van der Waals surface area contributed by atoms with E-state index in [0.717, 1.165) is 0 Å². The molecule has 0 heterocycles. The third-order valence-electron chi connectivity index (χ3n) is 4.01. The molecule has 0 aliphatic carbocycles. The van der Waals surface area contributed by atoms with Crippen molar-refractivity contribution in [2.75, 3.05) is 6.61 Å². The molecule has 1 aromatic carbocycles. The summed E-state index contributed by atoms with van der Waals surface area (Å²) in [5.74, 6) is -3.76. The van der Waals surface area contributed by atoms with E-state index in [-0.39, 0.29) is 25.0 Å². The van der Waals surface area contributed by atoms with Crippen LogP contribution >= 0.6 is 0 Å². The van der Waals surface area contributed by atoms with Crippen LogP contribution in [0.25, 0.3) is 0 Å². The minimum absolute atomic E-state index is 0.0631. The molecule has 0 saturated carbocycles. The summed E-state index contributed by atoms with van der Waals surface area (Å²) in [4.78, 5) is 47.5. The van der Waals surface area contributed by atoms with Gasteiger partial charge in [0.15, 0.2) is 0 Å². The number of hydrogen-bond acceptors (Lipinski definition) is 5. The average Bonchev–Trinajstić information content (AvgIpc) is 2.61. The summed E-state index contributed by atoms with van der Waals surface area (Å²) in [5, 5.41) is 4.87.